The highest BCUT2D eigenvalue weighted by molar-refractivity contribution is 5.72. The van der Waals surface area contributed by atoms with Crippen molar-refractivity contribution in [2.75, 3.05) is 0 Å². The number of phenols is 4. The van der Waals surface area contributed by atoms with E-state index in [1.165, 1.54) is 36.4 Å². The Kier molecular flexibility index (Phi) is 5.85. The number of ether oxygens (including phenoxy) is 2. The van der Waals surface area contributed by atoms with Gasteiger partial charge in [0.15, 0.2) is 0 Å². The molecule has 0 radical (unpaired) electrons. The predicted octanol–water partition coefficient (Wildman–Crippen LogP) is 6.26. The first-order valence-electron chi connectivity index (χ1n) is 9.73. The van der Waals surface area contributed by atoms with Gasteiger partial charge < -0.3 is 29.9 Å². The van der Waals surface area contributed by atoms with Crippen LogP contribution in [0.4, 0.5) is 0 Å². The molecular weight excluding hydrogens is 408 g/mol. The molecule has 0 spiro atoms. The van der Waals surface area contributed by atoms with E-state index >= 15 is 0 Å². The lowest BCUT2D eigenvalue weighted by Crippen LogP contribution is -1.86. The Balaban J connectivity index is 1.53. The molecule has 4 rings (SSSR count). The van der Waals surface area contributed by atoms with Crippen LogP contribution in [0.25, 0.3) is 12.2 Å². The highest BCUT2D eigenvalue weighted by Gasteiger charge is 2.04. The summed E-state index contributed by atoms with van der Waals surface area (Å²) in [6.07, 6.45) is 3.53. The molecule has 0 heterocycles. The summed E-state index contributed by atoms with van der Waals surface area (Å²) in [5.41, 5.74) is 1.37. The molecule has 0 unspecified atom stereocenters. The van der Waals surface area contributed by atoms with E-state index in [4.69, 9.17) is 9.47 Å². The van der Waals surface area contributed by atoms with Gasteiger partial charge in [-0.25, -0.2) is 0 Å². The van der Waals surface area contributed by atoms with Crippen LogP contribution in [0.2, 0.25) is 0 Å². The Morgan fingerprint density at radius 1 is 0.406 bits per heavy atom. The fourth-order valence-corrected chi connectivity index (χ4v) is 3.01. The van der Waals surface area contributed by atoms with E-state index < -0.39 is 0 Å². The molecule has 4 N–H and O–H groups in total. The van der Waals surface area contributed by atoms with Crippen molar-refractivity contribution in [3.05, 3.63) is 96.1 Å². The third-order valence-corrected chi connectivity index (χ3v) is 4.44. The number of rotatable bonds is 6. The van der Waals surface area contributed by atoms with E-state index in [-0.39, 0.29) is 23.0 Å². The van der Waals surface area contributed by atoms with Crippen LogP contribution in [0.15, 0.2) is 84.9 Å². The molecule has 160 valence electrons. The molecule has 4 aromatic rings. The number of hydrogen-bond acceptors (Lipinski definition) is 6. The van der Waals surface area contributed by atoms with Crippen LogP contribution in [-0.2, 0) is 0 Å². The highest BCUT2D eigenvalue weighted by atomic mass is 16.5. The summed E-state index contributed by atoms with van der Waals surface area (Å²) in [7, 11) is 0. The van der Waals surface area contributed by atoms with Gasteiger partial charge in [0.05, 0.1) is 0 Å². The second-order valence-electron chi connectivity index (χ2n) is 7.05. The summed E-state index contributed by atoms with van der Waals surface area (Å²) in [5, 5.41) is 38.9. The van der Waals surface area contributed by atoms with Crippen LogP contribution in [-0.4, -0.2) is 20.4 Å². The zero-order valence-corrected chi connectivity index (χ0v) is 16.8. The highest BCUT2D eigenvalue weighted by Crippen LogP contribution is 2.31. The Morgan fingerprint density at radius 2 is 0.781 bits per heavy atom. The van der Waals surface area contributed by atoms with Gasteiger partial charge in [0.1, 0.15) is 46.0 Å². The Morgan fingerprint density at radius 3 is 1.16 bits per heavy atom. The van der Waals surface area contributed by atoms with E-state index in [1.807, 2.05) is 0 Å². The van der Waals surface area contributed by atoms with Crippen molar-refractivity contribution in [2.45, 2.75) is 0 Å². The second kappa shape index (κ2) is 9.06. The van der Waals surface area contributed by atoms with Crippen LogP contribution in [0.3, 0.4) is 0 Å². The van der Waals surface area contributed by atoms with Crippen molar-refractivity contribution in [3.8, 4) is 46.0 Å². The molecule has 0 aliphatic carbocycles. The third-order valence-electron chi connectivity index (χ3n) is 4.44. The molecule has 0 saturated carbocycles. The smallest absolute Gasteiger partial charge is 0.131 e. The van der Waals surface area contributed by atoms with Crippen molar-refractivity contribution in [2.24, 2.45) is 0 Å². The molecule has 32 heavy (non-hydrogen) atoms. The van der Waals surface area contributed by atoms with Gasteiger partial charge in [0.2, 0.25) is 0 Å². The Bertz CT molecular complexity index is 1150. The second-order valence-corrected chi connectivity index (χ2v) is 7.05. The molecular formula is C26H20O6. The summed E-state index contributed by atoms with van der Waals surface area (Å²) in [6.45, 7) is 0. The number of hydrogen-bond donors (Lipinski definition) is 4. The molecule has 0 saturated heterocycles. The predicted molar refractivity (Wildman–Crippen MR) is 122 cm³/mol. The largest absolute Gasteiger partial charge is 0.508 e. The van der Waals surface area contributed by atoms with E-state index in [0.717, 1.165) is 0 Å². The van der Waals surface area contributed by atoms with Crippen LogP contribution < -0.4 is 9.47 Å². The maximum atomic E-state index is 10.1. The van der Waals surface area contributed by atoms with Gasteiger partial charge in [0.25, 0.3) is 0 Å². The Labute approximate surface area is 184 Å². The summed E-state index contributed by atoms with van der Waals surface area (Å²) >= 11 is 0. The van der Waals surface area contributed by atoms with E-state index in [1.54, 1.807) is 60.7 Å². The first-order valence-corrected chi connectivity index (χ1v) is 9.73. The maximum Gasteiger partial charge on any atom is 0.131 e. The Hall–Kier alpha value is -4.58. The van der Waals surface area contributed by atoms with Gasteiger partial charge in [-0.1, -0.05) is 12.2 Å². The summed E-state index contributed by atoms with van der Waals surface area (Å²) in [6, 6.07) is 22.2. The van der Waals surface area contributed by atoms with Gasteiger partial charge in [-0.2, -0.15) is 0 Å². The molecule has 6 nitrogen and oxygen atoms in total. The number of benzene rings is 4. The molecule has 0 amide bonds. The molecule has 6 heteroatoms. The summed E-state index contributed by atoms with van der Waals surface area (Å²) < 4.78 is 11.5. The third kappa shape index (κ3) is 5.52. The van der Waals surface area contributed by atoms with Gasteiger partial charge in [-0.3, -0.25) is 0 Å². The average molecular weight is 428 g/mol. The lowest BCUT2D eigenvalue weighted by atomic mass is 10.1. The van der Waals surface area contributed by atoms with Crippen LogP contribution in [0.5, 0.6) is 46.0 Å². The van der Waals surface area contributed by atoms with E-state index in [9.17, 15) is 20.4 Å². The monoisotopic (exact) mass is 428 g/mol. The van der Waals surface area contributed by atoms with Crippen molar-refractivity contribution >= 4 is 12.2 Å². The van der Waals surface area contributed by atoms with Crippen LogP contribution >= 0.6 is 0 Å². The van der Waals surface area contributed by atoms with E-state index in [2.05, 4.69) is 0 Å². The lowest BCUT2D eigenvalue weighted by molar-refractivity contribution is 0.450. The minimum atomic E-state index is 0.0354. The van der Waals surface area contributed by atoms with Gasteiger partial charge in [-0.05, 0) is 83.9 Å². The zero-order valence-electron chi connectivity index (χ0n) is 16.8. The molecule has 4 aromatic carbocycles. The van der Waals surface area contributed by atoms with E-state index in [0.29, 0.717) is 34.1 Å². The zero-order chi connectivity index (χ0) is 22.5. The molecule has 0 aliphatic rings. The lowest BCUT2D eigenvalue weighted by Gasteiger charge is -2.08. The first-order chi connectivity index (χ1) is 15.4. The topological polar surface area (TPSA) is 99.4 Å². The first kappa shape index (κ1) is 20.7. The molecule has 0 bridgehead atoms. The fraction of sp³-hybridized carbons (Fsp3) is 0. The number of aromatic hydroxyl groups is 4. The van der Waals surface area contributed by atoms with Crippen molar-refractivity contribution < 1.29 is 29.9 Å². The SMILES string of the molecule is Oc1ccc(Oc2cc(O)cc(C=Cc3cc(O)cc(Oc4ccc(O)cc4)c3)c2)cc1. The normalized spacial score (nSPS) is 10.9. The van der Waals surface area contributed by atoms with Crippen LogP contribution in [0, 0.1) is 0 Å². The summed E-state index contributed by atoms with van der Waals surface area (Å²) in [5.74, 6) is 2.25. The molecule has 0 aromatic heterocycles. The standard InChI is InChI=1S/C26H20O6/c27-19-3-7-23(8-4-19)31-25-13-17(11-21(29)15-25)1-2-18-12-22(30)16-26(14-18)32-24-9-5-20(28)6-10-24/h1-16,27-30H. The van der Waals surface area contributed by atoms with Crippen molar-refractivity contribution in [1.29, 1.82) is 0 Å². The molecule has 0 atom stereocenters. The quantitative estimate of drug-likeness (QED) is 0.270. The molecule has 0 fully saturated rings. The molecule has 0 aliphatic heterocycles. The minimum absolute atomic E-state index is 0.0354. The van der Waals surface area contributed by atoms with Crippen molar-refractivity contribution in [3.63, 3.8) is 0 Å². The van der Waals surface area contributed by atoms with Gasteiger partial charge >= 0.3 is 0 Å². The van der Waals surface area contributed by atoms with Crippen LogP contribution in [0.1, 0.15) is 11.1 Å². The van der Waals surface area contributed by atoms with Gasteiger partial charge in [-0.15, -0.1) is 0 Å². The van der Waals surface area contributed by atoms with Gasteiger partial charge in [0, 0.05) is 12.1 Å². The average Bonchev–Trinajstić information content (AvgIpc) is 2.75. The number of phenolic OH excluding ortho intramolecular Hbond substituents is 4. The fourth-order valence-electron chi connectivity index (χ4n) is 3.01. The minimum Gasteiger partial charge on any atom is -0.508 e. The maximum absolute atomic E-state index is 10.1. The summed E-state index contributed by atoms with van der Waals surface area (Å²) in [4.78, 5) is 0. The van der Waals surface area contributed by atoms with Crippen molar-refractivity contribution in [1.82, 2.24) is 0 Å².